The van der Waals surface area contributed by atoms with E-state index in [0.717, 1.165) is 29.8 Å². The number of nitro groups is 1. The molecule has 0 fully saturated rings. The van der Waals surface area contributed by atoms with Crippen molar-refractivity contribution in [1.82, 2.24) is 20.1 Å². The maximum Gasteiger partial charge on any atom is 0.269 e. The lowest BCUT2D eigenvalue weighted by molar-refractivity contribution is -0.384. The predicted octanol–water partition coefficient (Wildman–Crippen LogP) is 3.93. The number of carbonyl (C=O) groups excluding carboxylic acids is 1. The number of hydrogen-bond acceptors (Lipinski definition) is 6. The largest absolute Gasteiger partial charge is 0.348 e. The molecule has 0 bridgehead atoms. The summed E-state index contributed by atoms with van der Waals surface area (Å²) in [5, 5.41) is 23.1. The van der Waals surface area contributed by atoms with E-state index in [1.165, 1.54) is 12.1 Å². The SMILES string of the molecule is CCCCSc1nnc(CNC(=O)Cc2ccccc2)n1-c1ccc([N+](=O)[O-])cc1. The van der Waals surface area contributed by atoms with Crippen LogP contribution >= 0.6 is 11.8 Å². The molecule has 3 aromatic rings. The zero-order chi connectivity index (χ0) is 21.3. The van der Waals surface area contributed by atoms with Crippen molar-refractivity contribution in [1.29, 1.82) is 0 Å². The predicted molar refractivity (Wildman–Crippen MR) is 116 cm³/mol. The Hall–Kier alpha value is -3.20. The van der Waals surface area contributed by atoms with Gasteiger partial charge in [0.25, 0.3) is 5.69 Å². The van der Waals surface area contributed by atoms with Gasteiger partial charge in [0.2, 0.25) is 5.91 Å². The summed E-state index contributed by atoms with van der Waals surface area (Å²) in [5.41, 5.74) is 1.67. The van der Waals surface area contributed by atoms with E-state index in [1.807, 2.05) is 34.9 Å². The third kappa shape index (κ3) is 5.66. The van der Waals surface area contributed by atoms with Gasteiger partial charge in [-0.2, -0.15) is 0 Å². The van der Waals surface area contributed by atoms with Crippen LogP contribution in [-0.4, -0.2) is 31.3 Å². The first-order valence-corrected chi connectivity index (χ1v) is 10.7. The molecule has 3 rings (SSSR count). The number of thioether (sulfide) groups is 1. The number of unbranched alkanes of at least 4 members (excludes halogenated alkanes) is 1. The molecule has 0 saturated carbocycles. The van der Waals surface area contributed by atoms with Crippen LogP contribution < -0.4 is 5.32 Å². The molecule has 1 aromatic heterocycles. The zero-order valence-electron chi connectivity index (χ0n) is 16.7. The summed E-state index contributed by atoms with van der Waals surface area (Å²) in [7, 11) is 0. The molecule has 0 aliphatic rings. The topological polar surface area (TPSA) is 103 Å². The van der Waals surface area contributed by atoms with E-state index < -0.39 is 4.92 Å². The first kappa shape index (κ1) is 21.5. The van der Waals surface area contributed by atoms with Crippen molar-refractivity contribution in [3.8, 4) is 5.69 Å². The molecule has 30 heavy (non-hydrogen) atoms. The minimum atomic E-state index is -0.433. The van der Waals surface area contributed by atoms with Gasteiger partial charge in [-0.3, -0.25) is 19.5 Å². The van der Waals surface area contributed by atoms with Crippen LogP contribution in [0.5, 0.6) is 0 Å². The smallest absolute Gasteiger partial charge is 0.269 e. The minimum absolute atomic E-state index is 0.0183. The fourth-order valence-electron chi connectivity index (χ4n) is 2.82. The van der Waals surface area contributed by atoms with Crippen molar-refractivity contribution >= 4 is 23.4 Å². The fraction of sp³-hybridized carbons (Fsp3) is 0.286. The van der Waals surface area contributed by atoms with Crippen LogP contribution in [0.2, 0.25) is 0 Å². The van der Waals surface area contributed by atoms with Crippen LogP contribution in [-0.2, 0) is 17.8 Å². The standard InChI is InChI=1S/C21H23N5O3S/c1-2-3-13-30-21-24-23-19(15-22-20(27)14-16-7-5-4-6-8-16)25(21)17-9-11-18(12-10-17)26(28)29/h4-12H,2-3,13-15H2,1H3,(H,22,27). The molecular formula is C21H23N5O3S. The van der Waals surface area contributed by atoms with Gasteiger partial charge in [0.15, 0.2) is 11.0 Å². The average Bonchev–Trinajstić information content (AvgIpc) is 3.16. The van der Waals surface area contributed by atoms with Gasteiger partial charge in [0, 0.05) is 23.6 Å². The third-order valence-corrected chi connectivity index (χ3v) is 5.41. The summed E-state index contributed by atoms with van der Waals surface area (Å²) in [6.45, 7) is 2.33. The van der Waals surface area contributed by atoms with E-state index in [-0.39, 0.29) is 24.6 Å². The minimum Gasteiger partial charge on any atom is -0.348 e. The van der Waals surface area contributed by atoms with Crippen molar-refractivity contribution < 1.29 is 9.72 Å². The Bertz CT molecular complexity index is 990. The van der Waals surface area contributed by atoms with Crippen LogP contribution in [0.15, 0.2) is 59.8 Å². The summed E-state index contributed by atoms with van der Waals surface area (Å²) in [6, 6.07) is 15.7. The van der Waals surface area contributed by atoms with E-state index in [4.69, 9.17) is 0 Å². The van der Waals surface area contributed by atoms with E-state index in [1.54, 1.807) is 23.9 Å². The highest BCUT2D eigenvalue weighted by molar-refractivity contribution is 7.99. The Morgan fingerprint density at radius 1 is 1.13 bits per heavy atom. The van der Waals surface area contributed by atoms with Gasteiger partial charge in [-0.15, -0.1) is 10.2 Å². The quantitative estimate of drug-likeness (QED) is 0.228. The van der Waals surface area contributed by atoms with E-state index >= 15 is 0 Å². The van der Waals surface area contributed by atoms with Crippen molar-refractivity contribution in [2.75, 3.05) is 5.75 Å². The monoisotopic (exact) mass is 425 g/mol. The number of non-ortho nitro benzene ring substituents is 1. The molecule has 2 aromatic carbocycles. The molecule has 0 unspecified atom stereocenters. The molecule has 1 amide bonds. The van der Waals surface area contributed by atoms with E-state index in [0.29, 0.717) is 11.0 Å². The van der Waals surface area contributed by atoms with Gasteiger partial charge in [-0.1, -0.05) is 55.4 Å². The van der Waals surface area contributed by atoms with Gasteiger partial charge in [0.05, 0.1) is 17.9 Å². The normalized spacial score (nSPS) is 10.7. The zero-order valence-corrected chi connectivity index (χ0v) is 17.5. The molecule has 0 spiro atoms. The Balaban J connectivity index is 1.77. The first-order chi connectivity index (χ1) is 14.6. The van der Waals surface area contributed by atoms with Crippen LogP contribution in [0, 0.1) is 10.1 Å². The number of nitrogens with one attached hydrogen (secondary N) is 1. The van der Waals surface area contributed by atoms with Gasteiger partial charge in [-0.25, -0.2) is 0 Å². The van der Waals surface area contributed by atoms with Crippen molar-refractivity contribution in [2.45, 2.75) is 37.9 Å². The highest BCUT2D eigenvalue weighted by Crippen LogP contribution is 2.24. The number of nitrogens with zero attached hydrogens (tertiary/aromatic N) is 4. The first-order valence-electron chi connectivity index (χ1n) is 9.71. The summed E-state index contributed by atoms with van der Waals surface area (Å²) in [5.74, 6) is 1.35. The number of rotatable bonds is 10. The Labute approximate surface area is 178 Å². The van der Waals surface area contributed by atoms with Gasteiger partial charge < -0.3 is 5.32 Å². The number of hydrogen-bond donors (Lipinski definition) is 1. The molecule has 9 heteroatoms. The molecule has 0 radical (unpaired) electrons. The summed E-state index contributed by atoms with van der Waals surface area (Å²) < 4.78 is 1.84. The third-order valence-electron chi connectivity index (χ3n) is 4.40. The lowest BCUT2D eigenvalue weighted by Gasteiger charge is -2.11. The average molecular weight is 426 g/mol. The van der Waals surface area contributed by atoms with Gasteiger partial charge in [-0.05, 0) is 24.1 Å². The molecule has 8 nitrogen and oxygen atoms in total. The maximum absolute atomic E-state index is 12.3. The maximum atomic E-state index is 12.3. The lowest BCUT2D eigenvalue weighted by atomic mass is 10.1. The van der Waals surface area contributed by atoms with E-state index in [9.17, 15) is 14.9 Å². The number of nitro benzene ring substituents is 1. The second-order valence-electron chi connectivity index (χ2n) is 6.65. The molecular weight excluding hydrogens is 402 g/mol. The fourth-order valence-corrected chi connectivity index (χ4v) is 3.87. The Kier molecular flexibility index (Phi) is 7.56. The molecule has 0 aliphatic heterocycles. The molecule has 156 valence electrons. The lowest BCUT2D eigenvalue weighted by Crippen LogP contribution is -2.26. The van der Waals surface area contributed by atoms with Crippen LogP contribution in [0.1, 0.15) is 31.2 Å². The number of amides is 1. The van der Waals surface area contributed by atoms with Crippen molar-refractivity contribution in [2.24, 2.45) is 0 Å². The van der Waals surface area contributed by atoms with Crippen LogP contribution in [0.4, 0.5) is 5.69 Å². The van der Waals surface area contributed by atoms with Crippen molar-refractivity contribution in [3.63, 3.8) is 0 Å². The van der Waals surface area contributed by atoms with Crippen LogP contribution in [0.3, 0.4) is 0 Å². The second-order valence-corrected chi connectivity index (χ2v) is 7.71. The van der Waals surface area contributed by atoms with Crippen LogP contribution in [0.25, 0.3) is 5.69 Å². The van der Waals surface area contributed by atoms with Gasteiger partial charge in [0.1, 0.15) is 0 Å². The highest BCUT2D eigenvalue weighted by atomic mass is 32.2. The second kappa shape index (κ2) is 10.5. The number of benzene rings is 2. The Morgan fingerprint density at radius 3 is 2.53 bits per heavy atom. The number of carbonyl (C=O) groups is 1. The molecule has 0 saturated heterocycles. The highest BCUT2D eigenvalue weighted by Gasteiger charge is 2.16. The molecule has 0 atom stereocenters. The molecule has 1 N–H and O–H groups in total. The summed E-state index contributed by atoms with van der Waals surface area (Å²) in [6.07, 6.45) is 2.40. The molecule has 1 heterocycles. The Morgan fingerprint density at radius 2 is 1.87 bits per heavy atom. The molecule has 0 aliphatic carbocycles. The van der Waals surface area contributed by atoms with Gasteiger partial charge >= 0.3 is 0 Å². The van der Waals surface area contributed by atoms with E-state index in [2.05, 4.69) is 22.4 Å². The summed E-state index contributed by atoms with van der Waals surface area (Å²) >= 11 is 1.58. The summed E-state index contributed by atoms with van der Waals surface area (Å²) in [4.78, 5) is 22.8. The van der Waals surface area contributed by atoms with Crippen molar-refractivity contribution in [3.05, 3.63) is 76.1 Å². The number of aromatic nitrogens is 3.